The molecule has 0 aliphatic carbocycles. The number of likely N-dealkylation sites (tertiary alicyclic amines) is 1. The minimum Gasteiger partial charge on any atom is -0.352 e. The molecule has 2 unspecified atom stereocenters. The van der Waals surface area contributed by atoms with Crippen LogP contribution in [0.3, 0.4) is 0 Å². The zero-order valence-electron chi connectivity index (χ0n) is 13.0. The summed E-state index contributed by atoms with van der Waals surface area (Å²) in [6.07, 6.45) is 2.69. The second-order valence-corrected chi connectivity index (χ2v) is 6.34. The molecule has 1 heterocycles. The Morgan fingerprint density at radius 3 is 2.37 bits per heavy atom. The number of hydrogen-bond acceptors (Lipinski definition) is 3. The largest absolute Gasteiger partial charge is 0.352 e. The van der Waals surface area contributed by atoms with Crippen LogP contribution in [0.15, 0.2) is 0 Å². The van der Waals surface area contributed by atoms with Crippen molar-refractivity contribution in [3.63, 3.8) is 0 Å². The number of carbonyl (C=O) groups is 1. The zero-order valence-corrected chi connectivity index (χ0v) is 13.0. The second-order valence-electron chi connectivity index (χ2n) is 6.34. The van der Waals surface area contributed by atoms with Crippen molar-refractivity contribution in [1.82, 2.24) is 15.5 Å². The van der Waals surface area contributed by atoms with Gasteiger partial charge in [0.05, 0.1) is 6.54 Å². The molecular formula is C15H31N3O. The molecule has 0 saturated carbocycles. The van der Waals surface area contributed by atoms with Gasteiger partial charge in [0, 0.05) is 12.6 Å². The Labute approximate surface area is 118 Å². The fraction of sp³-hybridized carbons (Fsp3) is 0.933. The van der Waals surface area contributed by atoms with Crippen LogP contribution in [-0.2, 0) is 4.79 Å². The van der Waals surface area contributed by atoms with E-state index in [1.165, 1.54) is 25.9 Å². The highest BCUT2D eigenvalue weighted by Crippen LogP contribution is 2.09. The molecule has 1 saturated heterocycles. The van der Waals surface area contributed by atoms with E-state index in [0.717, 1.165) is 13.1 Å². The van der Waals surface area contributed by atoms with E-state index in [4.69, 9.17) is 0 Å². The molecule has 0 aromatic rings. The molecule has 4 nitrogen and oxygen atoms in total. The van der Waals surface area contributed by atoms with Gasteiger partial charge in [-0.05, 0) is 51.2 Å². The maximum Gasteiger partial charge on any atom is 0.234 e. The summed E-state index contributed by atoms with van der Waals surface area (Å²) in [5.74, 6) is 1.20. The van der Waals surface area contributed by atoms with E-state index in [2.05, 4.69) is 43.2 Å². The summed E-state index contributed by atoms with van der Waals surface area (Å²) in [5, 5.41) is 6.28. The molecular weight excluding hydrogens is 238 g/mol. The quantitative estimate of drug-likeness (QED) is 0.701. The summed E-state index contributed by atoms with van der Waals surface area (Å²) in [6.45, 7) is 13.5. The number of carbonyl (C=O) groups excluding carboxylic acids is 1. The van der Waals surface area contributed by atoms with Crippen LogP contribution in [0, 0.1) is 11.8 Å². The molecule has 19 heavy (non-hydrogen) atoms. The van der Waals surface area contributed by atoms with Gasteiger partial charge < -0.3 is 15.5 Å². The molecule has 1 amide bonds. The standard InChI is InChI=1S/C15H31N3O/c1-12(2)14(4)17-15(19)10-16-9-13(3)11-18-7-5-6-8-18/h12-14,16H,5-11H2,1-4H3,(H,17,19). The van der Waals surface area contributed by atoms with Crippen LogP contribution in [0.1, 0.15) is 40.5 Å². The van der Waals surface area contributed by atoms with Crippen LogP contribution in [0.4, 0.5) is 0 Å². The molecule has 0 radical (unpaired) electrons. The SMILES string of the molecule is CC(CNCC(=O)NC(C)C(C)C)CN1CCCC1. The first-order valence-corrected chi connectivity index (χ1v) is 7.71. The Morgan fingerprint density at radius 1 is 1.16 bits per heavy atom. The van der Waals surface area contributed by atoms with Crippen LogP contribution < -0.4 is 10.6 Å². The molecule has 0 spiro atoms. The van der Waals surface area contributed by atoms with Gasteiger partial charge in [0.1, 0.15) is 0 Å². The van der Waals surface area contributed by atoms with Gasteiger partial charge in [-0.25, -0.2) is 0 Å². The molecule has 1 rings (SSSR count). The van der Waals surface area contributed by atoms with E-state index < -0.39 is 0 Å². The molecule has 1 aliphatic rings. The minimum atomic E-state index is 0.106. The average molecular weight is 269 g/mol. The predicted molar refractivity (Wildman–Crippen MR) is 80.2 cm³/mol. The highest BCUT2D eigenvalue weighted by Gasteiger charge is 2.15. The van der Waals surface area contributed by atoms with Crippen molar-refractivity contribution < 1.29 is 4.79 Å². The third-order valence-corrected chi connectivity index (χ3v) is 3.94. The molecule has 4 heteroatoms. The molecule has 2 atom stereocenters. The number of nitrogens with one attached hydrogen (secondary N) is 2. The molecule has 0 aromatic heterocycles. The number of hydrogen-bond donors (Lipinski definition) is 2. The molecule has 0 aromatic carbocycles. The lowest BCUT2D eigenvalue weighted by atomic mass is 10.1. The van der Waals surface area contributed by atoms with Crippen LogP contribution in [0.25, 0.3) is 0 Å². The first kappa shape index (κ1) is 16.4. The van der Waals surface area contributed by atoms with E-state index in [1.807, 2.05) is 0 Å². The Morgan fingerprint density at radius 2 is 1.79 bits per heavy atom. The highest BCUT2D eigenvalue weighted by atomic mass is 16.1. The first-order valence-electron chi connectivity index (χ1n) is 7.71. The van der Waals surface area contributed by atoms with Crippen molar-refractivity contribution in [3.05, 3.63) is 0 Å². The summed E-state index contributed by atoms with van der Waals surface area (Å²) >= 11 is 0. The lowest BCUT2D eigenvalue weighted by Gasteiger charge is -2.21. The average Bonchev–Trinajstić information content (AvgIpc) is 2.81. The van der Waals surface area contributed by atoms with Crippen molar-refractivity contribution in [2.45, 2.75) is 46.6 Å². The molecule has 1 fully saturated rings. The van der Waals surface area contributed by atoms with Crippen molar-refractivity contribution >= 4 is 5.91 Å². The lowest BCUT2D eigenvalue weighted by Crippen LogP contribution is -2.42. The van der Waals surface area contributed by atoms with Gasteiger partial charge in [0.2, 0.25) is 5.91 Å². The van der Waals surface area contributed by atoms with Gasteiger partial charge in [0.25, 0.3) is 0 Å². The van der Waals surface area contributed by atoms with Crippen LogP contribution in [-0.4, -0.2) is 49.6 Å². The van der Waals surface area contributed by atoms with E-state index in [0.29, 0.717) is 18.4 Å². The molecule has 0 bridgehead atoms. The van der Waals surface area contributed by atoms with Crippen LogP contribution in [0.2, 0.25) is 0 Å². The Kier molecular flexibility index (Phi) is 7.39. The molecule has 112 valence electrons. The summed E-state index contributed by atoms with van der Waals surface area (Å²) in [7, 11) is 0. The number of rotatable bonds is 8. The number of amides is 1. The number of nitrogens with zero attached hydrogens (tertiary/aromatic N) is 1. The fourth-order valence-corrected chi connectivity index (χ4v) is 2.37. The maximum atomic E-state index is 11.7. The second kappa shape index (κ2) is 8.54. The summed E-state index contributed by atoms with van der Waals surface area (Å²) in [6, 6.07) is 0.247. The van der Waals surface area contributed by atoms with Gasteiger partial charge in [-0.3, -0.25) is 4.79 Å². The smallest absolute Gasteiger partial charge is 0.234 e. The van der Waals surface area contributed by atoms with E-state index >= 15 is 0 Å². The summed E-state index contributed by atoms with van der Waals surface area (Å²) in [5.41, 5.74) is 0. The first-order chi connectivity index (χ1) is 8.99. The Bertz CT molecular complexity index is 262. The van der Waals surface area contributed by atoms with Gasteiger partial charge in [-0.15, -0.1) is 0 Å². The van der Waals surface area contributed by atoms with Crippen molar-refractivity contribution in [3.8, 4) is 0 Å². The highest BCUT2D eigenvalue weighted by molar-refractivity contribution is 5.78. The third-order valence-electron chi connectivity index (χ3n) is 3.94. The van der Waals surface area contributed by atoms with Gasteiger partial charge >= 0.3 is 0 Å². The van der Waals surface area contributed by atoms with Gasteiger partial charge in [0.15, 0.2) is 0 Å². The molecule has 2 N–H and O–H groups in total. The summed E-state index contributed by atoms with van der Waals surface area (Å²) in [4.78, 5) is 14.2. The fourth-order valence-electron chi connectivity index (χ4n) is 2.37. The summed E-state index contributed by atoms with van der Waals surface area (Å²) < 4.78 is 0. The van der Waals surface area contributed by atoms with Crippen LogP contribution >= 0.6 is 0 Å². The topological polar surface area (TPSA) is 44.4 Å². The monoisotopic (exact) mass is 269 g/mol. The van der Waals surface area contributed by atoms with Gasteiger partial charge in [-0.2, -0.15) is 0 Å². The Hall–Kier alpha value is -0.610. The van der Waals surface area contributed by atoms with E-state index in [9.17, 15) is 4.79 Å². The van der Waals surface area contributed by atoms with Gasteiger partial charge in [-0.1, -0.05) is 20.8 Å². The zero-order chi connectivity index (χ0) is 14.3. The maximum absolute atomic E-state index is 11.7. The predicted octanol–water partition coefficient (Wildman–Crippen LogP) is 1.47. The Balaban J connectivity index is 2.06. The molecule has 1 aliphatic heterocycles. The minimum absolute atomic E-state index is 0.106. The van der Waals surface area contributed by atoms with Crippen molar-refractivity contribution in [2.75, 3.05) is 32.7 Å². The lowest BCUT2D eigenvalue weighted by molar-refractivity contribution is -0.121. The van der Waals surface area contributed by atoms with E-state index in [1.54, 1.807) is 0 Å². The van der Waals surface area contributed by atoms with E-state index in [-0.39, 0.29) is 11.9 Å². The third kappa shape index (κ3) is 6.92. The van der Waals surface area contributed by atoms with Crippen molar-refractivity contribution in [2.24, 2.45) is 11.8 Å². The van der Waals surface area contributed by atoms with Crippen molar-refractivity contribution in [1.29, 1.82) is 0 Å². The van der Waals surface area contributed by atoms with Crippen LogP contribution in [0.5, 0.6) is 0 Å². The normalized spacial score (nSPS) is 19.6.